The van der Waals surface area contributed by atoms with Gasteiger partial charge in [-0.1, -0.05) is 0 Å². The van der Waals surface area contributed by atoms with Crippen LogP contribution >= 0.6 is 11.9 Å². The molecule has 0 aromatic carbocycles. The van der Waals surface area contributed by atoms with Crippen LogP contribution in [0.5, 0.6) is 0 Å². The Kier molecular flexibility index (Phi) is 10.9. The zero-order valence-corrected chi connectivity index (χ0v) is 15.7. The first-order valence-electron chi connectivity index (χ1n) is 6.88. The molecule has 122 valence electrons. The van der Waals surface area contributed by atoms with Crippen LogP contribution in [0.4, 0.5) is 0 Å². The van der Waals surface area contributed by atoms with Crippen LogP contribution in [0.3, 0.4) is 0 Å². The van der Waals surface area contributed by atoms with E-state index in [-0.39, 0.29) is 19.3 Å². The molecule has 21 heavy (non-hydrogen) atoms. The fourth-order valence-electron chi connectivity index (χ4n) is 1.29. The average Bonchev–Trinajstić information content (AvgIpc) is 2.39. The van der Waals surface area contributed by atoms with Crippen LogP contribution < -0.4 is 0 Å². The summed E-state index contributed by atoms with van der Waals surface area (Å²) in [6.07, 6.45) is 1.80. The van der Waals surface area contributed by atoms with Crippen molar-refractivity contribution in [2.75, 3.05) is 0 Å². The van der Waals surface area contributed by atoms with E-state index in [2.05, 4.69) is 2.37 Å². The second kappa shape index (κ2) is 11.2. The van der Waals surface area contributed by atoms with Gasteiger partial charge in [0.25, 0.3) is 0 Å². The van der Waals surface area contributed by atoms with Gasteiger partial charge in [0, 0.05) is 0 Å². The molecule has 0 spiro atoms. The fraction of sp³-hybridized carbons (Fsp3) is 0.750. The minimum absolute atomic E-state index is 0.0789. The Morgan fingerprint density at radius 2 is 1.05 bits per heavy atom. The number of carbonyl (C=O) groups excluding carboxylic acids is 3. The molecule has 0 aromatic heterocycles. The van der Waals surface area contributed by atoms with Gasteiger partial charge in [0.2, 0.25) is 0 Å². The van der Waals surface area contributed by atoms with Crippen molar-refractivity contribution in [1.29, 1.82) is 0 Å². The predicted molar refractivity (Wildman–Crippen MR) is 69.9 cm³/mol. The number of rotatable bonds is 10. The molecule has 0 N–H and O–H groups in total. The average molecular weight is 404 g/mol. The first-order valence-corrected chi connectivity index (χ1v) is 11.2. The summed E-state index contributed by atoms with van der Waals surface area (Å²) in [5.74, 6) is -2.03. The van der Waals surface area contributed by atoms with Crippen LogP contribution in [0.1, 0.15) is 59.3 Å². The predicted octanol–water partition coefficient (Wildman–Crippen LogP) is 3.00. The molecule has 0 atom stereocenters. The first-order chi connectivity index (χ1) is 9.92. The topological polar surface area (TPSA) is 88.1 Å². The molecule has 0 fully saturated rings. The third-order valence-electron chi connectivity index (χ3n) is 2.17. The van der Waals surface area contributed by atoms with E-state index in [0.717, 1.165) is 0 Å². The molecule has 0 aromatic rings. The molecule has 0 aliphatic rings. The zero-order chi connectivity index (χ0) is 16.3. The molecule has 0 bridgehead atoms. The maximum absolute atomic E-state index is 11.6. The van der Waals surface area contributed by atoms with Crippen LogP contribution in [-0.4, -0.2) is 17.9 Å². The van der Waals surface area contributed by atoms with E-state index in [9.17, 15) is 14.4 Å². The van der Waals surface area contributed by atoms with Gasteiger partial charge >= 0.3 is 136 Å². The van der Waals surface area contributed by atoms with Crippen LogP contribution in [0.2, 0.25) is 0 Å². The Labute approximate surface area is 136 Å². The second-order valence-corrected chi connectivity index (χ2v) is 9.50. The monoisotopic (exact) mass is 402 g/mol. The molecular formula is C12H21ClO7Zr. The van der Waals surface area contributed by atoms with Crippen molar-refractivity contribution in [1.82, 2.24) is 0 Å². The van der Waals surface area contributed by atoms with Gasteiger partial charge in [-0.3, -0.25) is 0 Å². The zero-order valence-electron chi connectivity index (χ0n) is 12.5. The van der Waals surface area contributed by atoms with Gasteiger partial charge in [0.15, 0.2) is 0 Å². The van der Waals surface area contributed by atoms with Crippen molar-refractivity contribution < 1.29 is 47.2 Å². The van der Waals surface area contributed by atoms with Gasteiger partial charge in [-0.2, -0.15) is 0 Å². The van der Waals surface area contributed by atoms with E-state index in [0.29, 0.717) is 19.3 Å². The van der Waals surface area contributed by atoms with Crippen LogP contribution in [0.15, 0.2) is 0 Å². The number of hydrogen-bond acceptors (Lipinski definition) is 7. The third kappa shape index (κ3) is 8.54. The van der Waals surface area contributed by atoms with Crippen LogP contribution in [0.25, 0.3) is 0 Å². The summed E-state index contributed by atoms with van der Waals surface area (Å²) >= 11 is 0.105. The minimum atomic E-state index is -5.21. The quantitative estimate of drug-likeness (QED) is 0.553. The second-order valence-electron chi connectivity index (χ2n) is 4.25. The Balaban J connectivity index is 5.02. The molecule has 0 saturated carbocycles. The fourth-order valence-corrected chi connectivity index (χ4v) is 5.20. The molecule has 0 unspecified atom stereocenters. The Bertz CT molecular complexity index is 311. The van der Waals surface area contributed by atoms with Crippen LogP contribution in [-0.2, 0) is 47.2 Å². The first kappa shape index (κ1) is 20.5. The molecule has 0 amide bonds. The van der Waals surface area contributed by atoms with Gasteiger partial charge in [0.1, 0.15) is 0 Å². The van der Waals surface area contributed by atoms with Gasteiger partial charge < -0.3 is 0 Å². The molecular weight excluding hydrogens is 383 g/mol. The summed E-state index contributed by atoms with van der Waals surface area (Å²) < 4.78 is 19.5. The van der Waals surface area contributed by atoms with Crippen molar-refractivity contribution >= 4 is 29.8 Å². The van der Waals surface area contributed by atoms with Crippen LogP contribution in [0, 0.1) is 0 Å². The molecule has 0 saturated heterocycles. The number of carbonyl (C=O) groups is 3. The van der Waals surface area contributed by atoms with Gasteiger partial charge in [-0.15, -0.1) is 0 Å². The molecule has 0 heterocycles. The van der Waals surface area contributed by atoms with E-state index in [1.807, 2.05) is 0 Å². The van der Waals surface area contributed by atoms with E-state index < -0.39 is 39.9 Å². The molecule has 0 aliphatic carbocycles. The van der Waals surface area contributed by atoms with Crippen molar-refractivity contribution in [3.8, 4) is 0 Å². The number of hydrogen-bond donors (Lipinski definition) is 0. The van der Waals surface area contributed by atoms with Gasteiger partial charge in [-0.25, -0.2) is 0 Å². The van der Waals surface area contributed by atoms with E-state index in [1.54, 1.807) is 20.8 Å². The Morgan fingerprint density at radius 3 is 1.24 bits per heavy atom. The maximum atomic E-state index is 11.6. The summed E-state index contributed by atoms with van der Waals surface area (Å²) in [5.41, 5.74) is 0. The summed E-state index contributed by atoms with van der Waals surface area (Å²) in [6.45, 7) is 5.31. The van der Waals surface area contributed by atoms with Gasteiger partial charge in [-0.05, 0) is 0 Å². The van der Waals surface area contributed by atoms with E-state index >= 15 is 0 Å². The third-order valence-corrected chi connectivity index (χ3v) is 7.28. The molecule has 9 heteroatoms. The van der Waals surface area contributed by atoms with E-state index in [1.165, 1.54) is 0 Å². The normalized spacial score (nSPS) is 10.9. The molecule has 0 aliphatic heterocycles. The Hall–Kier alpha value is -0.457. The van der Waals surface area contributed by atoms with Crippen molar-refractivity contribution in [3.63, 3.8) is 0 Å². The van der Waals surface area contributed by atoms with Crippen molar-refractivity contribution in [2.24, 2.45) is 0 Å². The number of halogens is 1. The standard InChI is InChI=1S/3C4H8O2.ClO.Zr/c3*1-2-3-4(5)6;1-2;/h3*2-3H2,1H3,(H,5,6);;/q;;;-1;+4/p-3. The molecule has 0 rings (SSSR count). The van der Waals surface area contributed by atoms with Crippen molar-refractivity contribution in [3.05, 3.63) is 0 Å². The van der Waals surface area contributed by atoms with Crippen molar-refractivity contribution in [2.45, 2.75) is 59.3 Å². The SMILES string of the molecule is CCCC(=O)[O][Zr]([O]Cl)([O]C(=O)CCC)[O]C(=O)CCC. The summed E-state index contributed by atoms with van der Waals surface area (Å²) in [5, 5.41) is 0. The summed E-state index contributed by atoms with van der Waals surface area (Å²) in [7, 11) is 0. The summed E-state index contributed by atoms with van der Waals surface area (Å²) in [6, 6.07) is 0. The van der Waals surface area contributed by atoms with Gasteiger partial charge in [0.05, 0.1) is 0 Å². The summed E-state index contributed by atoms with van der Waals surface area (Å²) in [4.78, 5) is 34.8. The van der Waals surface area contributed by atoms with E-state index in [4.69, 9.17) is 20.3 Å². The molecule has 7 nitrogen and oxygen atoms in total. The molecule has 0 radical (unpaired) electrons. The Morgan fingerprint density at radius 1 is 0.762 bits per heavy atom.